The maximum Gasteiger partial charge on any atom is 0.410 e. The second kappa shape index (κ2) is 9.01. The standard InChI is InChI=1S/C20H24N2O4S/c23-20(26-16-18-9-5-2-6-10-18)22-13-11-19(12-14-22)27(24,25)21-15-17-7-3-1-4-8-17/h1-10,19,21H,11-16H2. The SMILES string of the molecule is O=C(OCc1ccccc1)N1CCC(S(=O)(=O)NCc2ccccc2)CC1. The number of rotatable bonds is 6. The highest BCUT2D eigenvalue weighted by Gasteiger charge is 2.31. The second-order valence-electron chi connectivity index (χ2n) is 6.58. The number of piperidine rings is 1. The molecule has 0 unspecified atom stereocenters. The van der Waals surface area contributed by atoms with Crippen molar-refractivity contribution in [3.05, 3.63) is 71.8 Å². The van der Waals surface area contributed by atoms with Crippen LogP contribution in [0.5, 0.6) is 0 Å². The van der Waals surface area contributed by atoms with Crippen LogP contribution in [-0.4, -0.2) is 37.8 Å². The van der Waals surface area contributed by atoms with Crippen LogP contribution < -0.4 is 4.72 Å². The third-order valence-corrected chi connectivity index (χ3v) is 6.56. The summed E-state index contributed by atoms with van der Waals surface area (Å²) in [6.45, 7) is 1.26. The van der Waals surface area contributed by atoms with Crippen LogP contribution in [0.4, 0.5) is 4.79 Å². The Morgan fingerprint density at radius 2 is 1.52 bits per heavy atom. The van der Waals surface area contributed by atoms with E-state index in [1.807, 2.05) is 60.7 Å². The van der Waals surface area contributed by atoms with Gasteiger partial charge in [0.05, 0.1) is 5.25 Å². The first-order chi connectivity index (χ1) is 13.0. The molecule has 6 nitrogen and oxygen atoms in total. The molecule has 3 rings (SSSR count). The van der Waals surface area contributed by atoms with Crippen LogP contribution in [0.3, 0.4) is 0 Å². The zero-order valence-corrected chi connectivity index (χ0v) is 15.9. The van der Waals surface area contributed by atoms with E-state index in [9.17, 15) is 13.2 Å². The molecule has 2 aromatic carbocycles. The van der Waals surface area contributed by atoms with Crippen molar-refractivity contribution in [3.63, 3.8) is 0 Å². The predicted octanol–water partition coefficient (Wildman–Crippen LogP) is 2.91. The molecule has 0 spiro atoms. The Balaban J connectivity index is 1.45. The quantitative estimate of drug-likeness (QED) is 0.826. The highest BCUT2D eigenvalue weighted by Crippen LogP contribution is 2.18. The van der Waals surface area contributed by atoms with Gasteiger partial charge in [-0.1, -0.05) is 60.7 Å². The lowest BCUT2D eigenvalue weighted by molar-refractivity contribution is 0.0897. The zero-order chi connectivity index (χ0) is 19.1. The van der Waals surface area contributed by atoms with Gasteiger partial charge in [0.2, 0.25) is 10.0 Å². The fraction of sp³-hybridized carbons (Fsp3) is 0.350. The summed E-state index contributed by atoms with van der Waals surface area (Å²) in [6.07, 6.45) is 0.418. The van der Waals surface area contributed by atoms with E-state index in [-0.39, 0.29) is 13.2 Å². The molecule has 0 aromatic heterocycles. The van der Waals surface area contributed by atoms with E-state index in [1.54, 1.807) is 4.90 Å². The van der Waals surface area contributed by atoms with E-state index < -0.39 is 21.4 Å². The molecule has 0 bridgehead atoms. The third-order valence-electron chi connectivity index (χ3n) is 4.66. The second-order valence-corrected chi connectivity index (χ2v) is 8.62. The Morgan fingerprint density at radius 3 is 2.11 bits per heavy atom. The summed E-state index contributed by atoms with van der Waals surface area (Å²) in [6, 6.07) is 18.9. The first kappa shape index (κ1) is 19.4. The maximum atomic E-state index is 12.5. The van der Waals surface area contributed by atoms with Crippen LogP contribution in [0.2, 0.25) is 0 Å². The lowest BCUT2D eigenvalue weighted by atomic mass is 10.1. The average Bonchev–Trinajstić information content (AvgIpc) is 2.72. The number of nitrogens with zero attached hydrogens (tertiary/aromatic N) is 1. The first-order valence-electron chi connectivity index (χ1n) is 9.02. The van der Waals surface area contributed by atoms with E-state index in [0.29, 0.717) is 25.9 Å². The molecule has 1 heterocycles. The monoisotopic (exact) mass is 388 g/mol. The number of hydrogen-bond acceptors (Lipinski definition) is 4. The molecule has 27 heavy (non-hydrogen) atoms. The largest absolute Gasteiger partial charge is 0.445 e. The number of nitrogens with one attached hydrogen (secondary N) is 1. The minimum absolute atomic E-state index is 0.219. The van der Waals surface area contributed by atoms with Crippen LogP contribution in [0, 0.1) is 0 Å². The van der Waals surface area contributed by atoms with Gasteiger partial charge in [0.25, 0.3) is 0 Å². The molecule has 1 amide bonds. The number of amides is 1. The lowest BCUT2D eigenvalue weighted by Crippen LogP contribution is -2.45. The van der Waals surface area contributed by atoms with Crippen molar-refractivity contribution in [1.29, 1.82) is 0 Å². The van der Waals surface area contributed by atoms with Gasteiger partial charge in [-0.2, -0.15) is 0 Å². The number of ether oxygens (including phenoxy) is 1. The number of sulfonamides is 1. The van der Waals surface area contributed by atoms with E-state index in [1.165, 1.54) is 0 Å². The summed E-state index contributed by atoms with van der Waals surface area (Å²) in [4.78, 5) is 13.8. The highest BCUT2D eigenvalue weighted by atomic mass is 32.2. The molecule has 1 saturated heterocycles. The van der Waals surface area contributed by atoms with Crippen LogP contribution in [0.25, 0.3) is 0 Å². The molecule has 7 heteroatoms. The molecule has 1 N–H and O–H groups in total. The van der Waals surface area contributed by atoms with Crippen molar-refractivity contribution in [1.82, 2.24) is 9.62 Å². The fourth-order valence-electron chi connectivity index (χ4n) is 3.06. The van der Waals surface area contributed by atoms with Gasteiger partial charge in [0.1, 0.15) is 6.61 Å². The van der Waals surface area contributed by atoms with Crippen LogP contribution in [-0.2, 0) is 27.9 Å². The minimum Gasteiger partial charge on any atom is -0.445 e. The Kier molecular flexibility index (Phi) is 6.47. The third kappa shape index (κ3) is 5.55. The van der Waals surface area contributed by atoms with Gasteiger partial charge in [-0.05, 0) is 24.0 Å². The van der Waals surface area contributed by atoms with Crippen molar-refractivity contribution in [2.75, 3.05) is 13.1 Å². The van der Waals surface area contributed by atoms with E-state index in [4.69, 9.17) is 4.74 Å². The summed E-state index contributed by atoms with van der Waals surface area (Å²) in [5.74, 6) is 0. The average molecular weight is 388 g/mol. The van der Waals surface area contributed by atoms with Gasteiger partial charge in [-0.25, -0.2) is 17.9 Å². The topological polar surface area (TPSA) is 75.7 Å². The van der Waals surface area contributed by atoms with Gasteiger partial charge in [0.15, 0.2) is 0 Å². The number of hydrogen-bond donors (Lipinski definition) is 1. The molecule has 2 aromatic rings. The van der Waals surface area contributed by atoms with E-state index >= 15 is 0 Å². The fourth-order valence-corrected chi connectivity index (χ4v) is 4.49. The number of carbonyl (C=O) groups is 1. The molecular weight excluding hydrogens is 364 g/mol. The van der Waals surface area contributed by atoms with Crippen molar-refractivity contribution in [2.45, 2.75) is 31.2 Å². The number of likely N-dealkylation sites (tertiary alicyclic amines) is 1. The van der Waals surface area contributed by atoms with Gasteiger partial charge in [-0.3, -0.25) is 0 Å². The van der Waals surface area contributed by atoms with Crippen LogP contribution in [0.15, 0.2) is 60.7 Å². The Morgan fingerprint density at radius 1 is 0.963 bits per heavy atom. The first-order valence-corrected chi connectivity index (χ1v) is 10.6. The molecule has 0 atom stereocenters. The minimum atomic E-state index is -3.41. The van der Waals surface area contributed by atoms with E-state index in [2.05, 4.69) is 4.72 Å². The Labute approximate surface area is 160 Å². The van der Waals surface area contributed by atoms with Crippen LogP contribution >= 0.6 is 0 Å². The van der Waals surface area contributed by atoms with Gasteiger partial charge < -0.3 is 9.64 Å². The summed E-state index contributed by atoms with van der Waals surface area (Å²) >= 11 is 0. The van der Waals surface area contributed by atoms with Crippen molar-refractivity contribution in [2.24, 2.45) is 0 Å². The summed E-state index contributed by atoms with van der Waals surface area (Å²) in [5, 5.41) is -0.487. The van der Waals surface area contributed by atoms with Gasteiger partial charge in [-0.15, -0.1) is 0 Å². The number of carbonyl (C=O) groups excluding carboxylic acids is 1. The summed E-state index contributed by atoms with van der Waals surface area (Å²) in [7, 11) is -3.41. The van der Waals surface area contributed by atoms with Crippen LogP contribution in [0.1, 0.15) is 24.0 Å². The molecule has 0 saturated carbocycles. The maximum absolute atomic E-state index is 12.5. The lowest BCUT2D eigenvalue weighted by Gasteiger charge is -2.31. The summed E-state index contributed by atoms with van der Waals surface area (Å²) in [5.41, 5.74) is 1.84. The van der Waals surface area contributed by atoms with Gasteiger partial charge >= 0.3 is 6.09 Å². The van der Waals surface area contributed by atoms with E-state index in [0.717, 1.165) is 11.1 Å². The Bertz CT molecular complexity index is 833. The highest BCUT2D eigenvalue weighted by molar-refractivity contribution is 7.90. The van der Waals surface area contributed by atoms with Crippen molar-refractivity contribution < 1.29 is 17.9 Å². The molecule has 144 valence electrons. The smallest absolute Gasteiger partial charge is 0.410 e. The normalized spacial score (nSPS) is 15.5. The number of benzene rings is 2. The van der Waals surface area contributed by atoms with Gasteiger partial charge in [0, 0.05) is 19.6 Å². The van der Waals surface area contributed by atoms with Crippen molar-refractivity contribution in [3.8, 4) is 0 Å². The molecule has 0 radical (unpaired) electrons. The zero-order valence-electron chi connectivity index (χ0n) is 15.1. The molecule has 1 aliphatic rings. The molecular formula is C20H24N2O4S. The molecule has 1 aliphatic heterocycles. The Hall–Kier alpha value is -2.38. The molecule has 0 aliphatic carbocycles. The predicted molar refractivity (Wildman–Crippen MR) is 103 cm³/mol. The summed E-state index contributed by atoms with van der Waals surface area (Å²) < 4.78 is 33.0. The molecule has 1 fully saturated rings. The van der Waals surface area contributed by atoms with Crippen molar-refractivity contribution >= 4 is 16.1 Å².